The van der Waals surface area contributed by atoms with E-state index in [1.54, 1.807) is 55.9 Å². The standard InChI is InChI=1S/C21H25N9O4S/c1-12-10-22-17(23-11-12)9-13(2)35(31,32)29-21-27-26-20(16-7-6-8-18(25-16)33-5)30(21)14(3)19-24-15(4)34-28-19/h6-8,10-11,13-14H,9H2,1-5H3,(H,27,29)/t13-,14-/m0/s1. The summed E-state index contributed by atoms with van der Waals surface area (Å²) in [6, 6.07) is 4.57. The molecule has 0 spiro atoms. The molecule has 35 heavy (non-hydrogen) atoms. The summed E-state index contributed by atoms with van der Waals surface area (Å²) >= 11 is 0. The number of nitrogens with one attached hydrogen (secondary N) is 1. The van der Waals surface area contributed by atoms with Crippen molar-refractivity contribution in [1.82, 2.24) is 39.9 Å². The minimum absolute atomic E-state index is 0.0174. The van der Waals surface area contributed by atoms with Crippen molar-refractivity contribution in [3.63, 3.8) is 0 Å². The van der Waals surface area contributed by atoms with Crippen molar-refractivity contribution in [3.8, 4) is 17.4 Å². The van der Waals surface area contributed by atoms with Crippen LogP contribution in [-0.4, -0.2) is 60.6 Å². The van der Waals surface area contributed by atoms with Crippen molar-refractivity contribution >= 4 is 16.0 Å². The van der Waals surface area contributed by atoms with E-state index in [2.05, 4.69) is 40.0 Å². The molecule has 0 unspecified atom stereocenters. The number of aryl methyl sites for hydroxylation is 2. The first-order valence-corrected chi connectivity index (χ1v) is 12.3. The molecule has 4 rings (SSSR count). The number of nitrogens with zero attached hydrogens (tertiary/aromatic N) is 8. The van der Waals surface area contributed by atoms with E-state index in [9.17, 15) is 8.42 Å². The minimum atomic E-state index is -3.90. The van der Waals surface area contributed by atoms with Gasteiger partial charge in [0.05, 0.1) is 18.4 Å². The number of hydrogen-bond donors (Lipinski definition) is 1. The lowest BCUT2D eigenvalue weighted by Crippen LogP contribution is -2.29. The molecule has 0 saturated heterocycles. The molecule has 0 radical (unpaired) electrons. The van der Waals surface area contributed by atoms with Gasteiger partial charge in [-0.25, -0.2) is 23.4 Å². The highest BCUT2D eigenvalue weighted by Crippen LogP contribution is 2.29. The highest BCUT2D eigenvalue weighted by atomic mass is 32.2. The van der Waals surface area contributed by atoms with Crippen LogP contribution in [0.3, 0.4) is 0 Å². The van der Waals surface area contributed by atoms with Gasteiger partial charge in [0.1, 0.15) is 11.5 Å². The Morgan fingerprint density at radius 3 is 2.51 bits per heavy atom. The zero-order valence-corrected chi connectivity index (χ0v) is 20.7. The predicted molar refractivity (Wildman–Crippen MR) is 125 cm³/mol. The van der Waals surface area contributed by atoms with Gasteiger partial charge in [-0.3, -0.25) is 9.29 Å². The quantitative estimate of drug-likeness (QED) is 0.359. The molecule has 0 aliphatic rings. The van der Waals surface area contributed by atoms with Gasteiger partial charge in [0.15, 0.2) is 11.6 Å². The second kappa shape index (κ2) is 9.74. The molecule has 0 fully saturated rings. The summed E-state index contributed by atoms with van der Waals surface area (Å²) < 4.78 is 40.8. The zero-order chi connectivity index (χ0) is 25.2. The number of ether oxygens (including phenoxy) is 1. The van der Waals surface area contributed by atoms with Crippen LogP contribution in [0.2, 0.25) is 0 Å². The average Bonchev–Trinajstić information content (AvgIpc) is 3.46. The summed E-state index contributed by atoms with van der Waals surface area (Å²) in [6.45, 7) is 6.87. The van der Waals surface area contributed by atoms with Crippen molar-refractivity contribution in [3.05, 3.63) is 53.7 Å². The largest absolute Gasteiger partial charge is 0.481 e. The highest BCUT2D eigenvalue weighted by Gasteiger charge is 2.29. The number of pyridine rings is 1. The smallest absolute Gasteiger partial charge is 0.239 e. The van der Waals surface area contributed by atoms with Gasteiger partial charge in [-0.05, 0) is 32.4 Å². The van der Waals surface area contributed by atoms with E-state index < -0.39 is 21.3 Å². The van der Waals surface area contributed by atoms with Gasteiger partial charge in [-0.1, -0.05) is 11.2 Å². The third kappa shape index (κ3) is 5.26. The first kappa shape index (κ1) is 24.2. The monoisotopic (exact) mass is 499 g/mol. The molecule has 2 atom stereocenters. The SMILES string of the molecule is COc1cccc(-c2nnc(NS(=O)(=O)[C@@H](C)Cc3ncc(C)cn3)n2[C@@H](C)c2noc(C)n2)n1. The molecule has 4 aromatic rings. The Kier molecular flexibility index (Phi) is 6.73. The van der Waals surface area contributed by atoms with Crippen LogP contribution >= 0.6 is 0 Å². The number of hydrogen-bond acceptors (Lipinski definition) is 11. The lowest BCUT2D eigenvalue weighted by atomic mass is 10.2. The third-order valence-corrected chi connectivity index (χ3v) is 6.92. The Balaban J connectivity index is 1.70. The molecule has 0 aromatic carbocycles. The van der Waals surface area contributed by atoms with Crippen LogP contribution in [0, 0.1) is 13.8 Å². The van der Waals surface area contributed by atoms with E-state index >= 15 is 0 Å². The maximum Gasteiger partial charge on any atom is 0.239 e. The maximum absolute atomic E-state index is 13.2. The molecule has 0 bridgehead atoms. The zero-order valence-electron chi connectivity index (χ0n) is 19.9. The van der Waals surface area contributed by atoms with Gasteiger partial charge in [0.25, 0.3) is 0 Å². The maximum atomic E-state index is 13.2. The molecule has 4 heterocycles. The van der Waals surface area contributed by atoms with E-state index in [1.807, 2.05) is 6.92 Å². The topological polar surface area (TPSA) is 164 Å². The number of anilines is 1. The molecular formula is C21H25N9O4S. The third-order valence-electron chi connectivity index (χ3n) is 5.23. The summed E-state index contributed by atoms with van der Waals surface area (Å²) in [6.07, 6.45) is 3.41. The Morgan fingerprint density at radius 2 is 1.86 bits per heavy atom. The fourth-order valence-corrected chi connectivity index (χ4v) is 4.24. The second-order valence-corrected chi connectivity index (χ2v) is 10.1. The van der Waals surface area contributed by atoms with Crippen molar-refractivity contribution in [2.45, 2.75) is 45.4 Å². The average molecular weight is 500 g/mol. The normalized spacial score (nSPS) is 13.4. The fraction of sp³-hybridized carbons (Fsp3) is 0.381. The molecule has 184 valence electrons. The lowest BCUT2D eigenvalue weighted by molar-refractivity contribution is 0.381. The van der Waals surface area contributed by atoms with Crippen LogP contribution in [0.15, 0.2) is 35.1 Å². The first-order valence-electron chi connectivity index (χ1n) is 10.7. The molecule has 14 heteroatoms. The van der Waals surface area contributed by atoms with Gasteiger partial charge >= 0.3 is 0 Å². The van der Waals surface area contributed by atoms with E-state index in [4.69, 9.17) is 9.26 Å². The fourth-order valence-electron chi connectivity index (χ4n) is 3.28. The summed E-state index contributed by atoms with van der Waals surface area (Å²) in [7, 11) is -2.40. The molecule has 1 N–H and O–H groups in total. The predicted octanol–water partition coefficient (Wildman–Crippen LogP) is 2.12. The first-order chi connectivity index (χ1) is 16.7. The molecule has 0 saturated carbocycles. The van der Waals surface area contributed by atoms with Gasteiger partial charge in [0.2, 0.25) is 27.7 Å². The highest BCUT2D eigenvalue weighted by molar-refractivity contribution is 7.93. The van der Waals surface area contributed by atoms with Crippen LogP contribution in [0.4, 0.5) is 5.95 Å². The van der Waals surface area contributed by atoms with Crippen molar-refractivity contribution in [2.24, 2.45) is 0 Å². The Bertz CT molecular complexity index is 1420. The Labute approximate surface area is 202 Å². The van der Waals surface area contributed by atoms with Gasteiger partial charge in [-0.2, -0.15) is 4.98 Å². The molecule has 0 amide bonds. The Hall–Kier alpha value is -3.94. The minimum Gasteiger partial charge on any atom is -0.481 e. The summed E-state index contributed by atoms with van der Waals surface area (Å²) in [5.74, 6) is 1.77. The van der Waals surface area contributed by atoms with E-state index in [1.165, 1.54) is 7.11 Å². The van der Waals surface area contributed by atoms with Gasteiger partial charge in [0, 0.05) is 31.8 Å². The summed E-state index contributed by atoms with van der Waals surface area (Å²) in [5, 5.41) is 11.4. The van der Waals surface area contributed by atoms with Gasteiger partial charge in [-0.15, -0.1) is 10.2 Å². The van der Waals surface area contributed by atoms with Crippen molar-refractivity contribution < 1.29 is 17.7 Å². The molecule has 0 aliphatic carbocycles. The molecule has 13 nitrogen and oxygen atoms in total. The van der Waals surface area contributed by atoms with Crippen LogP contribution < -0.4 is 9.46 Å². The van der Waals surface area contributed by atoms with E-state index in [0.717, 1.165) is 5.56 Å². The molecular weight excluding hydrogens is 474 g/mol. The summed E-state index contributed by atoms with van der Waals surface area (Å²) in [4.78, 5) is 17.1. The van der Waals surface area contributed by atoms with Crippen LogP contribution in [-0.2, 0) is 16.4 Å². The summed E-state index contributed by atoms with van der Waals surface area (Å²) in [5.41, 5.74) is 1.32. The van der Waals surface area contributed by atoms with E-state index in [-0.39, 0.29) is 12.4 Å². The molecule has 0 aliphatic heterocycles. The number of aromatic nitrogens is 8. The lowest BCUT2D eigenvalue weighted by Gasteiger charge is -2.18. The second-order valence-electron chi connectivity index (χ2n) is 7.97. The number of sulfonamides is 1. The number of methoxy groups -OCH3 is 1. The van der Waals surface area contributed by atoms with Crippen LogP contribution in [0.1, 0.15) is 43.0 Å². The van der Waals surface area contributed by atoms with E-state index in [0.29, 0.717) is 34.9 Å². The van der Waals surface area contributed by atoms with Crippen molar-refractivity contribution in [2.75, 3.05) is 11.8 Å². The van der Waals surface area contributed by atoms with Gasteiger partial charge < -0.3 is 9.26 Å². The van der Waals surface area contributed by atoms with Crippen LogP contribution in [0.25, 0.3) is 11.5 Å². The Morgan fingerprint density at radius 1 is 1.11 bits per heavy atom. The number of rotatable bonds is 9. The van der Waals surface area contributed by atoms with Crippen molar-refractivity contribution in [1.29, 1.82) is 0 Å². The van der Waals surface area contributed by atoms with Crippen LogP contribution in [0.5, 0.6) is 5.88 Å². The molecule has 4 aromatic heterocycles.